The van der Waals surface area contributed by atoms with E-state index in [1.54, 1.807) is 24.5 Å². The second kappa shape index (κ2) is 33.4. The predicted molar refractivity (Wildman–Crippen MR) is 321 cm³/mol. The molecule has 0 unspecified atom stereocenters. The third-order valence-corrected chi connectivity index (χ3v) is 16.2. The van der Waals surface area contributed by atoms with E-state index >= 15 is 0 Å². The van der Waals surface area contributed by atoms with Gasteiger partial charge in [-0.2, -0.15) is 0 Å². The number of aliphatic hydroxyl groups is 6. The largest absolute Gasteiger partial charge is 0.504 e. The first-order valence-electron chi connectivity index (χ1n) is 29.8. The number of ether oxygens (including phenoxy) is 1. The number of aromatic nitrogens is 2. The van der Waals surface area contributed by atoms with Crippen LogP contribution >= 0.6 is 12.3 Å². The standard InChI is InChI=1S/C60H80N10O19S/c1-4-5-6-7-8-9-22-86-41-17-15-36(16-18-41)53-62-27-38(28-63-53)35-11-13-37(14-12-35)54(78)65-42-25-39(72)29-64-58(82)51-52(77)32(2)30-70(51)60(84)50(45(75)20-21-61)68-57(81)49(46(76)23-34-10-19-44(74)47(24-34)87-90-89-88-85)67-56(80)43-26-40(73)31-69(43)59(83)48(33(3)71)66-55(42)79/h10-19,24,27-28,32-33,39-40,42-43,45-46,48-52,71-77,85H,4-9,20-23,25-26,29-31,61H2,1-3H3,(H,64,82)(H,65,78)(H,66,79)(H,67,80)(H,68,81)/t32-,33+,39+,40+,42+,43+,45-,46-,48+,49+,50+,51+,52+/m1/s1. The van der Waals surface area contributed by atoms with Crippen LogP contribution in [0.5, 0.6) is 17.2 Å². The molecule has 0 bridgehead atoms. The number of carbonyl (C=O) groups is 7. The van der Waals surface area contributed by atoms with Crippen molar-refractivity contribution in [3.05, 3.63) is 90.3 Å². The fourth-order valence-corrected chi connectivity index (χ4v) is 11.1. The molecule has 3 saturated heterocycles. The molecule has 7 amide bonds. The number of hydrogen-bond donors (Lipinski definition) is 14. The molecule has 4 heterocycles. The highest BCUT2D eigenvalue weighted by molar-refractivity contribution is 7.90. The van der Waals surface area contributed by atoms with E-state index < -0.39 is 158 Å². The van der Waals surface area contributed by atoms with E-state index in [4.69, 9.17) is 19.9 Å². The van der Waals surface area contributed by atoms with Crippen LogP contribution in [0.2, 0.25) is 0 Å². The first-order chi connectivity index (χ1) is 43.1. The van der Waals surface area contributed by atoms with Gasteiger partial charge in [0.2, 0.25) is 35.4 Å². The minimum Gasteiger partial charge on any atom is -0.504 e. The van der Waals surface area contributed by atoms with E-state index in [1.807, 2.05) is 24.3 Å². The molecule has 15 N–H and O–H groups in total. The van der Waals surface area contributed by atoms with Crippen LogP contribution in [0, 0.1) is 5.92 Å². The molecule has 90 heavy (non-hydrogen) atoms. The number of benzene rings is 3. The zero-order chi connectivity index (χ0) is 65.2. The van der Waals surface area contributed by atoms with Crippen LogP contribution in [0.25, 0.3) is 22.5 Å². The van der Waals surface area contributed by atoms with Crippen molar-refractivity contribution in [2.24, 2.45) is 11.7 Å². The van der Waals surface area contributed by atoms with Crippen LogP contribution in [0.15, 0.2) is 79.1 Å². The third kappa shape index (κ3) is 18.5. The number of nitrogens with one attached hydrogen (secondary N) is 5. The lowest BCUT2D eigenvalue weighted by molar-refractivity contribution is -0.433. The third-order valence-electron chi connectivity index (χ3n) is 15.9. The molecule has 4 aromatic rings. The number of phenols is 1. The normalized spacial score (nSPS) is 24.9. The summed E-state index contributed by atoms with van der Waals surface area (Å²) < 4.78 is 15.2. The molecule has 0 spiro atoms. The Morgan fingerprint density at radius 1 is 0.756 bits per heavy atom. The zero-order valence-electron chi connectivity index (χ0n) is 50.0. The minimum absolute atomic E-state index is 0.0253. The number of amides is 7. The minimum atomic E-state index is -2.10. The van der Waals surface area contributed by atoms with E-state index in [9.17, 15) is 69.3 Å². The molecule has 3 aliphatic rings. The lowest BCUT2D eigenvalue weighted by Gasteiger charge is -2.34. The topological polar surface area (TPSA) is 437 Å². The molecule has 3 aromatic carbocycles. The number of nitrogens with two attached hydrogens (primary N) is 1. The van der Waals surface area contributed by atoms with Crippen LogP contribution in [-0.4, -0.2) is 208 Å². The maximum atomic E-state index is 14.7. The summed E-state index contributed by atoms with van der Waals surface area (Å²) in [5.74, 6) is -8.11. The van der Waals surface area contributed by atoms with E-state index in [0.717, 1.165) is 46.9 Å². The Balaban J connectivity index is 1.15. The lowest BCUT2D eigenvalue weighted by Crippen LogP contribution is -2.64. The van der Waals surface area contributed by atoms with E-state index in [2.05, 4.69) is 52.8 Å². The molecule has 0 aliphatic carbocycles. The van der Waals surface area contributed by atoms with Gasteiger partial charge in [-0.25, -0.2) is 15.2 Å². The Morgan fingerprint density at radius 3 is 2.09 bits per heavy atom. The first-order valence-corrected chi connectivity index (χ1v) is 30.5. The number of unbranched alkanes of at least 4 members (excludes halogenated alkanes) is 5. The van der Waals surface area contributed by atoms with Crippen molar-refractivity contribution in [2.75, 3.05) is 32.8 Å². The molecule has 0 radical (unpaired) electrons. The van der Waals surface area contributed by atoms with Crippen molar-refractivity contribution in [2.45, 2.75) is 158 Å². The van der Waals surface area contributed by atoms with Crippen molar-refractivity contribution in [3.63, 3.8) is 0 Å². The van der Waals surface area contributed by atoms with Crippen molar-refractivity contribution >= 4 is 53.7 Å². The molecule has 1 aromatic heterocycles. The molecule has 29 nitrogen and oxygen atoms in total. The number of β-amino-alcohol motifs (C(OH)–C–C–N with tert-alkyl or cyclic N) is 1. The highest BCUT2D eigenvalue weighted by Gasteiger charge is 2.50. The van der Waals surface area contributed by atoms with Crippen LogP contribution in [0.4, 0.5) is 0 Å². The van der Waals surface area contributed by atoms with E-state index in [1.165, 1.54) is 56.9 Å². The van der Waals surface area contributed by atoms with Crippen LogP contribution < -0.4 is 41.2 Å². The lowest BCUT2D eigenvalue weighted by atomic mass is 9.98. The average Bonchev–Trinajstić information content (AvgIpc) is 1.78. The van der Waals surface area contributed by atoms with E-state index in [-0.39, 0.29) is 48.7 Å². The summed E-state index contributed by atoms with van der Waals surface area (Å²) in [5, 5.41) is 103. The Kier molecular flexibility index (Phi) is 26.0. The van der Waals surface area contributed by atoms with Gasteiger partial charge in [-0.05, 0) is 86.0 Å². The average molecular weight is 1280 g/mol. The van der Waals surface area contributed by atoms with Crippen molar-refractivity contribution in [1.82, 2.24) is 46.4 Å². The Labute approximate surface area is 523 Å². The number of fused-ring (bicyclic) bond motifs is 2. The molecule has 30 heteroatoms. The number of hydrogen-bond acceptors (Lipinski definition) is 23. The Morgan fingerprint density at radius 2 is 1.41 bits per heavy atom. The molecule has 3 fully saturated rings. The molecular formula is C60H80N10O19S. The van der Waals surface area contributed by atoms with Gasteiger partial charge in [-0.3, -0.25) is 33.6 Å². The van der Waals surface area contributed by atoms with Gasteiger partial charge < -0.3 is 86.8 Å². The monoisotopic (exact) mass is 1280 g/mol. The van der Waals surface area contributed by atoms with Gasteiger partial charge in [-0.15, -0.1) is 0 Å². The zero-order valence-corrected chi connectivity index (χ0v) is 50.8. The molecule has 0 saturated carbocycles. The van der Waals surface area contributed by atoms with Gasteiger partial charge in [0, 0.05) is 73.9 Å². The number of rotatable bonds is 23. The highest BCUT2D eigenvalue weighted by Crippen LogP contribution is 2.32. The van der Waals surface area contributed by atoms with Gasteiger partial charge >= 0.3 is 0 Å². The number of carbonyl (C=O) groups excluding carboxylic acids is 7. The van der Waals surface area contributed by atoms with Crippen molar-refractivity contribution < 1.29 is 92.9 Å². The maximum absolute atomic E-state index is 14.7. The summed E-state index contributed by atoms with van der Waals surface area (Å²) in [7, 11) is 0. The van der Waals surface area contributed by atoms with Gasteiger partial charge in [-0.1, -0.05) is 73.5 Å². The van der Waals surface area contributed by atoms with Gasteiger partial charge in [0.25, 0.3) is 18.2 Å². The number of phenolic OH excluding ortho intramolecular Hbond substituents is 1. The maximum Gasteiger partial charge on any atom is 0.261 e. The molecule has 7 rings (SSSR count). The number of aliphatic hydroxyl groups excluding tert-OH is 6. The fourth-order valence-electron chi connectivity index (χ4n) is 10.9. The first kappa shape index (κ1) is 69.8. The van der Waals surface area contributed by atoms with Crippen molar-refractivity contribution in [3.8, 4) is 39.8 Å². The van der Waals surface area contributed by atoms with Crippen molar-refractivity contribution in [1.29, 1.82) is 0 Å². The smallest absolute Gasteiger partial charge is 0.261 e. The fraction of sp³-hybridized carbons (Fsp3) is 0.517. The van der Waals surface area contributed by atoms with Gasteiger partial charge in [0.15, 0.2) is 17.3 Å². The van der Waals surface area contributed by atoms with Crippen LogP contribution in [0.1, 0.15) is 94.5 Å². The molecule has 3 aliphatic heterocycles. The highest BCUT2D eigenvalue weighted by atomic mass is 32.2. The van der Waals surface area contributed by atoms with Crippen LogP contribution in [0.3, 0.4) is 0 Å². The molecule has 490 valence electrons. The van der Waals surface area contributed by atoms with Gasteiger partial charge in [0.1, 0.15) is 42.0 Å². The summed E-state index contributed by atoms with van der Waals surface area (Å²) in [6.07, 6.45) is -2.05. The Hall–Kier alpha value is -7.62. The number of aromatic hydroxyl groups is 1. The summed E-state index contributed by atoms with van der Waals surface area (Å²) in [4.78, 5) is 112. The SMILES string of the molecule is CCCCCCCCOc1ccc(-c2ncc(-c3ccc(C(=O)N[C@H]4C[C@H](O)CNC(=O)[C@@H]5[C@@H](O)[C@H](C)CN5C(=O)[C@H]([C@H](O)CCN)NC(=O)[C@H]([C@H](O)Cc5ccc(O)c(OSOOO)c5)NC(=O)[C@@H]5C[C@H](O)CN5C(=O)[C@H]([C@H](C)O)NC4=O)cc3)cn2)cc1. The second-order valence-electron chi connectivity index (χ2n) is 22.7. The molecular weight excluding hydrogens is 1200 g/mol. The summed E-state index contributed by atoms with van der Waals surface area (Å²) in [5.41, 5.74) is 7.93. The Bertz CT molecular complexity index is 3060. The van der Waals surface area contributed by atoms with Crippen LogP contribution in [-0.2, 0) is 44.6 Å². The molecule has 13 atom stereocenters. The summed E-state index contributed by atoms with van der Waals surface area (Å²) in [6, 6.07) is 6.05. The number of nitrogens with zero attached hydrogens (tertiary/aromatic N) is 4. The summed E-state index contributed by atoms with van der Waals surface area (Å²) in [6.45, 7) is 3.67. The second-order valence-corrected chi connectivity index (χ2v) is 23.1. The van der Waals surface area contributed by atoms with Gasteiger partial charge in [0.05, 0.1) is 43.2 Å². The predicted octanol–water partition coefficient (Wildman–Crippen LogP) is -0.0840. The van der Waals surface area contributed by atoms with E-state index in [0.29, 0.717) is 23.6 Å². The quantitative estimate of drug-likeness (QED) is 0.0200. The summed E-state index contributed by atoms with van der Waals surface area (Å²) >= 11 is 0.0807.